The molecule has 0 rings (SSSR count). The zero-order valence-electron chi connectivity index (χ0n) is 7.31. The van der Waals surface area contributed by atoms with Gasteiger partial charge in [-0.2, -0.15) is 0 Å². The number of amides is 1. The molecule has 0 aromatic heterocycles. The fourth-order valence-electron chi connectivity index (χ4n) is 0.654. The van der Waals surface area contributed by atoms with Gasteiger partial charge in [-0.25, -0.2) is 0 Å². The molecule has 0 heterocycles. The van der Waals surface area contributed by atoms with Crippen molar-refractivity contribution in [3.8, 4) is 0 Å². The summed E-state index contributed by atoms with van der Waals surface area (Å²) in [6, 6.07) is 0.168. The molecule has 0 aliphatic heterocycles. The summed E-state index contributed by atoms with van der Waals surface area (Å²) in [6.07, 6.45) is 0.897. The number of nitrogens with one attached hydrogen (secondary N) is 1. The van der Waals surface area contributed by atoms with Crippen LogP contribution < -0.4 is 5.32 Å². The standard InChI is InChI=1S/C8H15NO2/c1-4-6(2)9-8(11)5-7(3)10/h6H,4-5H2,1-3H3,(H,9,11). The molecular weight excluding hydrogens is 142 g/mol. The van der Waals surface area contributed by atoms with E-state index in [9.17, 15) is 9.59 Å². The quantitative estimate of drug-likeness (QED) is 0.616. The number of ketones is 1. The predicted octanol–water partition coefficient (Wildman–Crippen LogP) is 0.880. The van der Waals surface area contributed by atoms with Crippen LogP contribution in [0.4, 0.5) is 0 Å². The second-order valence-corrected chi connectivity index (χ2v) is 2.76. The maximum Gasteiger partial charge on any atom is 0.227 e. The Balaban J connectivity index is 3.60. The number of hydrogen-bond acceptors (Lipinski definition) is 2. The van der Waals surface area contributed by atoms with Crippen LogP contribution in [-0.2, 0) is 9.59 Å². The fraction of sp³-hybridized carbons (Fsp3) is 0.750. The molecule has 3 nitrogen and oxygen atoms in total. The Kier molecular flexibility index (Phi) is 4.50. The van der Waals surface area contributed by atoms with Crippen LogP contribution in [0.1, 0.15) is 33.6 Å². The average Bonchev–Trinajstić information content (AvgIpc) is 1.85. The molecule has 11 heavy (non-hydrogen) atoms. The molecule has 0 radical (unpaired) electrons. The van der Waals surface area contributed by atoms with E-state index in [0.717, 1.165) is 6.42 Å². The Morgan fingerprint density at radius 3 is 2.36 bits per heavy atom. The Morgan fingerprint density at radius 2 is 2.00 bits per heavy atom. The van der Waals surface area contributed by atoms with Crippen LogP contribution in [0.3, 0.4) is 0 Å². The molecule has 0 aromatic carbocycles. The molecule has 1 amide bonds. The number of rotatable bonds is 4. The third-order valence-electron chi connectivity index (χ3n) is 1.43. The number of carbonyl (C=O) groups is 2. The highest BCUT2D eigenvalue weighted by atomic mass is 16.2. The van der Waals surface area contributed by atoms with Gasteiger partial charge in [-0.3, -0.25) is 9.59 Å². The summed E-state index contributed by atoms with van der Waals surface area (Å²) in [5.41, 5.74) is 0. The lowest BCUT2D eigenvalue weighted by Crippen LogP contribution is -2.32. The summed E-state index contributed by atoms with van der Waals surface area (Å²) < 4.78 is 0. The van der Waals surface area contributed by atoms with Gasteiger partial charge >= 0.3 is 0 Å². The van der Waals surface area contributed by atoms with Crippen LogP contribution in [0, 0.1) is 0 Å². The van der Waals surface area contributed by atoms with Gasteiger partial charge in [0.15, 0.2) is 0 Å². The molecule has 0 bridgehead atoms. The molecular formula is C8H15NO2. The highest BCUT2D eigenvalue weighted by Gasteiger charge is 2.06. The smallest absolute Gasteiger partial charge is 0.227 e. The van der Waals surface area contributed by atoms with Crippen LogP contribution in [0.5, 0.6) is 0 Å². The zero-order valence-corrected chi connectivity index (χ0v) is 7.31. The first kappa shape index (κ1) is 10.1. The summed E-state index contributed by atoms with van der Waals surface area (Å²) in [7, 11) is 0. The summed E-state index contributed by atoms with van der Waals surface area (Å²) in [5, 5.41) is 2.70. The van der Waals surface area contributed by atoms with E-state index in [1.807, 2.05) is 13.8 Å². The largest absolute Gasteiger partial charge is 0.353 e. The van der Waals surface area contributed by atoms with Crippen LogP contribution in [0.15, 0.2) is 0 Å². The summed E-state index contributed by atoms with van der Waals surface area (Å²) in [4.78, 5) is 21.4. The van der Waals surface area contributed by atoms with Gasteiger partial charge in [0.05, 0.1) is 6.42 Å². The Hall–Kier alpha value is -0.860. The van der Waals surface area contributed by atoms with Gasteiger partial charge in [0.2, 0.25) is 5.91 Å². The predicted molar refractivity (Wildman–Crippen MR) is 43.2 cm³/mol. The van der Waals surface area contributed by atoms with E-state index < -0.39 is 0 Å². The van der Waals surface area contributed by atoms with Crippen LogP contribution >= 0.6 is 0 Å². The average molecular weight is 157 g/mol. The summed E-state index contributed by atoms with van der Waals surface area (Å²) in [5.74, 6) is -0.266. The molecule has 0 saturated heterocycles. The first-order chi connectivity index (χ1) is 5.06. The summed E-state index contributed by atoms with van der Waals surface area (Å²) in [6.45, 7) is 5.31. The van der Waals surface area contributed by atoms with E-state index in [-0.39, 0.29) is 24.2 Å². The van der Waals surface area contributed by atoms with Crippen LogP contribution in [-0.4, -0.2) is 17.7 Å². The first-order valence-corrected chi connectivity index (χ1v) is 3.85. The topological polar surface area (TPSA) is 46.2 Å². The molecule has 1 unspecified atom stereocenters. The van der Waals surface area contributed by atoms with Gasteiger partial charge in [0.1, 0.15) is 5.78 Å². The molecule has 0 fully saturated rings. The van der Waals surface area contributed by atoms with E-state index in [4.69, 9.17) is 0 Å². The van der Waals surface area contributed by atoms with E-state index in [1.165, 1.54) is 6.92 Å². The first-order valence-electron chi connectivity index (χ1n) is 3.85. The van der Waals surface area contributed by atoms with Gasteiger partial charge in [-0.1, -0.05) is 6.92 Å². The Morgan fingerprint density at radius 1 is 1.45 bits per heavy atom. The van der Waals surface area contributed by atoms with Crippen molar-refractivity contribution in [2.45, 2.75) is 39.7 Å². The van der Waals surface area contributed by atoms with Crippen molar-refractivity contribution >= 4 is 11.7 Å². The Bertz CT molecular complexity index is 154. The number of Topliss-reactive ketones (excluding diaryl/α,β-unsaturated/α-hetero) is 1. The highest BCUT2D eigenvalue weighted by Crippen LogP contribution is 1.89. The van der Waals surface area contributed by atoms with Gasteiger partial charge in [0, 0.05) is 6.04 Å². The zero-order chi connectivity index (χ0) is 8.85. The molecule has 0 aliphatic rings. The van der Waals surface area contributed by atoms with Crippen molar-refractivity contribution in [3.05, 3.63) is 0 Å². The lowest BCUT2D eigenvalue weighted by atomic mass is 10.2. The second kappa shape index (κ2) is 4.88. The molecule has 1 atom stereocenters. The monoisotopic (exact) mass is 157 g/mol. The van der Waals surface area contributed by atoms with Crippen molar-refractivity contribution in [2.24, 2.45) is 0 Å². The van der Waals surface area contributed by atoms with Gasteiger partial charge in [-0.15, -0.1) is 0 Å². The van der Waals surface area contributed by atoms with Crippen molar-refractivity contribution in [1.82, 2.24) is 5.32 Å². The maximum absolute atomic E-state index is 10.9. The van der Waals surface area contributed by atoms with Crippen LogP contribution in [0.25, 0.3) is 0 Å². The van der Waals surface area contributed by atoms with E-state index in [1.54, 1.807) is 0 Å². The minimum atomic E-state index is -0.174. The van der Waals surface area contributed by atoms with E-state index in [2.05, 4.69) is 5.32 Å². The normalized spacial score (nSPS) is 12.3. The number of hydrogen-bond donors (Lipinski definition) is 1. The lowest BCUT2D eigenvalue weighted by molar-refractivity contribution is -0.127. The fourth-order valence-corrected chi connectivity index (χ4v) is 0.654. The minimum Gasteiger partial charge on any atom is -0.353 e. The van der Waals surface area contributed by atoms with E-state index in [0.29, 0.717) is 0 Å². The molecule has 3 heteroatoms. The molecule has 1 N–H and O–H groups in total. The lowest BCUT2D eigenvalue weighted by Gasteiger charge is -2.09. The third kappa shape index (κ3) is 5.58. The van der Waals surface area contributed by atoms with Gasteiger partial charge in [-0.05, 0) is 20.3 Å². The minimum absolute atomic E-state index is 0.00431. The molecule has 0 aromatic rings. The molecule has 64 valence electrons. The van der Waals surface area contributed by atoms with Crippen molar-refractivity contribution < 1.29 is 9.59 Å². The van der Waals surface area contributed by atoms with E-state index >= 15 is 0 Å². The van der Waals surface area contributed by atoms with Crippen molar-refractivity contribution in [1.29, 1.82) is 0 Å². The molecule has 0 saturated carbocycles. The number of carbonyl (C=O) groups excluding carboxylic acids is 2. The summed E-state index contributed by atoms with van der Waals surface area (Å²) >= 11 is 0. The SMILES string of the molecule is CCC(C)NC(=O)CC(C)=O. The molecule has 0 aliphatic carbocycles. The Labute approximate surface area is 67.2 Å². The second-order valence-electron chi connectivity index (χ2n) is 2.76. The molecule has 0 spiro atoms. The third-order valence-corrected chi connectivity index (χ3v) is 1.43. The van der Waals surface area contributed by atoms with Gasteiger partial charge < -0.3 is 5.32 Å². The van der Waals surface area contributed by atoms with Crippen LogP contribution in [0.2, 0.25) is 0 Å². The van der Waals surface area contributed by atoms with Gasteiger partial charge in [0.25, 0.3) is 0 Å². The van der Waals surface area contributed by atoms with Crippen molar-refractivity contribution in [3.63, 3.8) is 0 Å². The van der Waals surface area contributed by atoms with Crippen molar-refractivity contribution in [2.75, 3.05) is 0 Å². The maximum atomic E-state index is 10.9. The highest BCUT2D eigenvalue weighted by molar-refractivity contribution is 5.96.